The third kappa shape index (κ3) is 3.97. The Bertz CT molecular complexity index is 389. The van der Waals surface area contributed by atoms with E-state index in [0.29, 0.717) is 38.5 Å². The Hall–Kier alpha value is -1.66. The molecule has 0 spiro atoms. The van der Waals surface area contributed by atoms with Crippen LogP contribution in [0.2, 0.25) is 0 Å². The molecular weight excluding hydrogens is 232 g/mol. The van der Waals surface area contributed by atoms with Gasteiger partial charge >= 0.3 is 0 Å². The second-order valence-electron chi connectivity index (χ2n) is 3.82. The van der Waals surface area contributed by atoms with Crippen molar-refractivity contribution >= 4 is 5.91 Å². The summed E-state index contributed by atoms with van der Waals surface area (Å²) in [6.07, 6.45) is 5.00. The van der Waals surface area contributed by atoms with Crippen LogP contribution < -0.4 is 5.73 Å². The van der Waals surface area contributed by atoms with E-state index in [0.717, 1.165) is 0 Å². The highest BCUT2D eigenvalue weighted by Gasteiger charge is 2.16. The van der Waals surface area contributed by atoms with Crippen LogP contribution in [0.4, 0.5) is 0 Å². The largest absolute Gasteiger partial charge is 0.383 e. The number of methoxy groups -OCH3 is 1. The first-order valence-electron chi connectivity index (χ1n) is 5.83. The van der Waals surface area contributed by atoms with Crippen molar-refractivity contribution in [2.75, 3.05) is 33.4 Å². The molecule has 1 aromatic rings. The fourth-order valence-corrected chi connectivity index (χ4v) is 1.54. The van der Waals surface area contributed by atoms with Gasteiger partial charge < -0.3 is 19.9 Å². The highest BCUT2D eigenvalue weighted by molar-refractivity contribution is 5.92. The minimum Gasteiger partial charge on any atom is -0.383 e. The van der Waals surface area contributed by atoms with Crippen LogP contribution in [-0.2, 0) is 11.3 Å². The smallest absolute Gasteiger partial charge is 0.274 e. The van der Waals surface area contributed by atoms with Crippen LogP contribution >= 0.6 is 0 Å². The lowest BCUT2D eigenvalue weighted by Gasteiger charge is -2.19. The standard InChI is InChI=1S/C12H20N4O2/c1-3-5-16(7-8-18-2)12(17)11-9-15(6-4-13)10-14-11/h3,9-10H,1,4-8,13H2,2H3. The molecule has 0 aliphatic carbocycles. The summed E-state index contributed by atoms with van der Waals surface area (Å²) in [4.78, 5) is 17.9. The predicted octanol–water partition coefficient (Wildman–Crippen LogP) is 0.116. The van der Waals surface area contributed by atoms with Gasteiger partial charge in [-0.15, -0.1) is 6.58 Å². The van der Waals surface area contributed by atoms with E-state index >= 15 is 0 Å². The molecule has 2 N–H and O–H groups in total. The van der Waals surface area contributed by atoms with E-state index in [1.54, 1.807) is 35.2 Å². The Morgan fingerprint density at radius 2 is 2.50 bits per heavy atom. The van der Waals surface area contributed by atoms with Crippen molar-refractivity contribution in [3.63, 3.8) is 0 Å². The topological polar surface area (TPSA) is 73.4 Å². The summed E-state index contributed by atoms with van der Waals surface area (Å²) in [7, 11) is 1.60. The highest BCUT2D eigenvalue weighted by atomic mass is 16.5. The lowest BCUT2D eigenvalue weighted by atomic mass is 10.3. The van der Waals surface area contributed by atoms with E-state index in [1.807, 2.05) is 0 Å². The van der Waals surface area contributed by atoms with Crippen LogP contribution in [0.1, 0.15) is 10.5 Å². The van der Waals surface area contributed by atoms with Gasteiger partial charge in [0.15, 0.2) is 0 Å². The molecule has 0 aliphatic heterocycles. The van der Waals surface area contributed by atoms with Crippen LogP contribution in [0, 0.1) is 0 Å². The molecule has 0 aromatic carbocycles. The zero-order chi connectivity index (χ0) is 13.4. The van der Waals surface area contributed by atoms with E-state index in [4.69, 9.17) is 10.5 Å². The molecule has 6 heteroatoms. The molecular formula is C12H20N4O2. The minimum absolute atomic E-state index is 0.122. The van der Waals surface area contributed by atoms with Gasteiger partial charge in [-0.1, -0.05) is 6.08 Å². The first kappa shape index (κ1) is 14.4. The zero-order valence-corrected chi connectivity index (χ0v) is 10.7. The van der Waals surface area contributed by atoms with Crippen molar-refractivity contribution in [2.45, 2.75) is 6.54 Å². The molecule has 0 bridgehead atoms. The quantitative estimate of drug-likeness (QED) is 0.667. The molecule has 1 rings (SSSR count). The maximum absolute atomic E-state index is 12.2. The lowest BCUT2D eigenvalue weighted by Crippen LogP contribution is -2.34. The molecule has 1 heterocycles. The van der Waals surface area contributed by atoms with Crippen molar-refractivity contribution in [2.24, 2.45) is 5.73 Å². The molecule has 18 heavy (non-hydrogen) atoms. The number of carbonyl (C=O) groups excluding carboxylic acids is 1. The molecule has 1 aromatic heterocycles. The number of nitrogens with two attached hydrogens (primary N) is 1. The van der Waals surface area contributed by atoms with Crippen molar-refractivity contribution in [1.82, 2.24) is 14.5 Å². The van der Waals surface area contributed by atoms with Crippen LogP contribution in [0.15, 0.2) is 25.2 Å². The Morgan fingerprint density at radius 3 is 3.11 bits per heavy atom. The number of hydrogen-bond donors (Lipinski definition) is 1. The van der Waals surface area contributed by atoms with Gasteiger partial charge in [0, 0.05) is 39.5 Å². The lowest BCUT2D eigenvalue weighted by molar-refractivity contribution is 0.0713. The van der Waals surface area contributed by atoms with E-state index in [-0.39, 0.29) is 5.91 Å². The molecule has 100 valence electrons. The van der Waals surface area contributed by atoms with Gasteiger partial charge in [0.25, 0.3) is 5.91 Å². The number of amides is 1. The van der Waals surface area contributed by atoms with Gasteiger partial charge in [0.05, 0.1) is 12.9 Å². The van der Waals surface area contributed by atoms with Crippen molar-refractivity contribution < 1.29 is 9.53 Å². The molecule has 0 aliphatic rings. The molecule has 0 unspecified atom stereocenters. The monoisotopic (exact) mass is 252 g/mol. The van der Waals surface area contributed by atoms with Crippen LogP contribution in [-0.4, -0.2) is 53.7 Å². The van der Waals surface area contributed by atoms with Gasteiger partial charge in [0.1, 0.15) is 5.69 Å². The summed E-state index contributed by atoms with van der Waals surface area (Å²) in [6.45, 7) is 6.30. The molecule has 0 atom stereocenters. The average molecular weight is 252 g/mol. The summed E-state index contributed by atoms with van der Waals surface area (Å²) in [5.41, 5.74) is 5.86. The maximum atomic E-state index is 12.2. The Kier molecular flexibility index (Phi) is 6.10. The maximum Gasteiger partial charge on any atom is 0.274 e. The van der Waals surface area contributed by atoms with Crippen LogP contribution in [0.3, 0.4) is 0 Å². The summed E-state index contributed by atoms with van der Waals surface area (Å²) in [5, 5.41) is 0. The SMILES string of the molecule is C=CCN(CCOC)C(=O)c1cn(CCN)cn1. The van der Waals surface area contributed by atoms with Crippen molar-refractivity contribution in [1.29, 1.82) is 0 Å². The molecule has 1 amide bonds. The fraction of sp³-hybridized carbons (Fsp3) is 0.500. The van der Waals surface area contributed by atoms with E-state index < -0.39 is 0 Å². The van der Waals surface area contributed by atoms with Crippen LogP contribution in [0.25, 0.3) is 0 Å². The third-order valence-electron chi connectivity index (χ3n) is 2.44. The van der Waals surface area contributed by atoms with Gasteiger partial charge in [-0.2, -0.15) is 0 Å². The van der Waals surface area contributed by atoms with Gasteiger partial charge in [-0.25, -0.2) is 4.98 Å². The number of hydrogen-bond acceptors (Lipinski definition) is 4. The van der Waals surface area contributed by atoms with Crippen LogP contribution in [0.5, 0.6) is 0 Å². The number of nitrogens with zero attached hydrogens (tertiary/aromatic N) is 3. The van der Waals surface area contributed by atoms with E-state index in [9.17, 15) is 4.79 Å². The number of carbonyl (C=O) groups is 1. The molecule has 0 saturated carbocycles. The number of imidazole rings is 1. The Labute approximate surface area is 107 Å². The number of aromatic nitrogens is 2. The van der Waals surface area contributed by atoms with Gasteiger partial charge in [0.2, 0.25) is 0 Å². The average Bonchev–Trinajstić information content (AvgIpc) is 2.83. The molecule has 6 nitrogen and oxygen atoms in total. The predicted molar refractivity (Wildman–Crippen MR) is 69.3 cm³/mol. The summed E-state index contributed by atoms with van der Waals surface area (Å²) < 4.78 is 6.78. The van der Waals surface area contributed by atoms with Crippen molar-refractivity contribution in [3.8, 4) is 0 Å². The first-order chi connectivity index (χ1) is 8.72. The zero-order valence-electron chi connectivity index (χ0n) is 10.7. The minimum atomic E-state index is -0.122. The van der Waals surface area contributed by atoms with E-state index in [1.165, 1.54) is 0 Å². The number of rotatable bonds is 8. The van der Waals surface area contributed by atoms with Gasteiger partial charge in [-0.3, -0.25) is 4.79 Å². The van der Waals surface area contributed by atoms with Crippen molar-refractivity contribution in [3.05, 3.63) is 30.9 Å². The Balaban J connectivity index is 2.70. The normalized spacial score (nSPS) is 10.3. The second-order valence-corrected chi connectivity index (χ2v) is 3.82. The summed E-state index contributed by atoms with van der Waals surface area (Å²) in [5.74, 6) is -0.122. The number of ether oxygens (including phenoxy) is 1. The highest BCUT2D eigenvalue weighted by Crippen LogP contribution is 2.03. The summed E-state index contributed by atoms with van der Waals surface area (Å²) >= 11 is 0. The molecule has 0 fully saturated rings. The fourth-order valence-electron chi connectivity index (χ4n) is 1.54. The third-order valence-corrected chi connectivity index (χ3v) is 2.44. The first-order valence-corrected chi connectivity index (χ1v) is 5.83. The van der Waals surface area contributed by atoms with Gasteiger partial charge in [-0.05, 0) is 0 Å². The second kappa shape index (κ2) is 7.62. The summed E-state index contributed by atoms with van der Waals surface area (Å²) in [6, 6.07) is 0. The Morgan fingerprint density at radius 1 is 1.72 bits per heavy atom. The van der Waals surface area contributed by atoms with E-state index in [2.05, 4.69) is 11.6 Å². The molecule has 0 radical (unpaired) electrons. The molecule has 0 saturated heterocycles.